The van der Waals surface area contributed by atoms with Gasteiger partial charge in [-0.25, -0.2) is 0 Å². The Morgan fingerprint density at radius 3 is 2.15 bits per heavy atom. The zero-order chi connectivity index (χ0) is 19.1. The van der Waals surface area contributed by atoms with Crippen molar-refractivity contribution in [3.05, 3.63) is 65.2 Å². The lowest BCUT2D eigenvalue weighted by Crippen LogP contribution is -2.28. The van der Waals surface area contributed by atoms with Crippen LogP contribution >= 0.6 is 0 Å². The molecule has 0 fully saturated rings. The smallest absolute Gasteiger partial charge is 0.258 e. The van der Waals surface area contributed by atoms with E-state index in [0.717, 1.165) is 5.56 Å². The van der Waals surface area contributed by atoms with Crippen molar-refractivity contribution >= 4 is 11.8 Å². The summed E-state index contributed by atoms with van der Waals surface area (Å²) in [6.45, 7) is 4.63. The summed E-state index contributed by atoms with van der Waals surface area (Å²) in [5, 5.41) is 2.81. The number of hydrogen-bond acceptors (Lipinski definition) is 3. The lowest BCUT2D eigenvalue weighted by atomic mass is 10.0. The van der Waals surface area contributed by atoms with E-state index in [0.29, 0.717) is 23.8 Å². The van der Waals surface area contributed by atoms with E-state index >= 15 is 0 Å². The third kappa shape index (κ3) is 5.62. The summed E-state index contributed by atoms with van der Waals surface area (Å²) in [5.74, 6) is 0.909. The first-order valence-corrected chi connectivity index (χ1v) is 8.67. The summed E-state index contributed by atoms with van der Waals surface area (Å²) < 4.78 is 5.51. The first-order valence-electron chi connectivity index (χ1n) is 8.67. The number of carbonyl (C=O) groups is 2. The minimum atomic E-state index is -0.189. The van der Waals surface area contributed by atoms with E-state index < -0.39 is 0 Å². The van der Waals surface area contributed by atoms with E-state index in [1.807, 2.05) is 36.4 Å². The monoisotopic (exact) mass is 354 g/mol. The van der Waals surface area contributed by atoms with Crippen LogP contribution in [-0.2, 0) is 11.3 Å². The summed E-state index contributed by atoms with van der Waals surface area (Å²) >= 11 is 0. The predicted octanol–water partition coefficient (Wildman–Crippen LogP) is 3.21. The Bertz CT molecular complexity index is 735. The molecule has 5 heteroatoms. The largest absolute Gasteiger partial charge is 0.484 e. The molecule has 0 saturated carbocycles. The maximum atomic E-state index is 11.9. The van der Waals surface area contributed by atoms with Gasteiger partial charge in [0.25, 0.3) is 11.8 Å². The van der Waals surface area contributed by atoms with Crippen molar-refractivity contribution in [2.75, 3.05) is 20.7 Å². The van der Waals surface area contributed by atoms with Crippen LogP contribution in [-0.4, -0.2) is 37.4 Å². The van der Waals surface area contributed by atoms with Crippen LogP contribution in [0.15, 0.2) is 48.5 Å². The molecule has 1 N–H and O–H groups in total. The molecule has 0 saturated heterocycles. The van der Waals surface area contributed by atoms with Gasteiger partial charge in [-0.3, -0.25) is 9.59 Å². The van der Waals surface area contributed by atoms with E-state index in [9.17, 15) is 9.59 Å². The zero-order valence-electron chi connectivity index (χ0n) is 15.8. The van der Waals surface area contributed by atoms with Gasteiger partial charge in [0.15, 0.2) is 6.61 Å². The van der Waals surface area contributed by atoms with Crippen LogP contribution in [0.5, 0.6) is 5.75 Å². The molecule has 0 aromatic heterocycles. The third-order valence-corrected chi connectivity index (χ3v) is 4.01. The van der Waals surface area contributed by atoms with Crippen LogP contribution in [0.4, 0.5) is 0 Å². The summed E-state index contributed by atoms with van der Waals surface area (Å²) in [6, 6.07) is 15.0. The van der Waals surface area contributed by atoms with Gasteiger partial charge in [-0.2, -0.15) is 0 Å². The van der Waals surface area contributed by atoms with Gasteiger partial charge in [0.05, 0.1) is 0 Å². The van der Waals surface area contributed by atoms with Crippen molar-refractivity contribution in [3.63, 3.8) is 0 Å². The van der Waals surface area contributed by atoms with Crippen LogP contribution in [0.25, 0.3) is 0 Å². The number of carbonyl (C=O) groups excluding carboxylic acids is 2. The first-order chi connectivity index (χ1) is 12.4. The number of nitrogens with one attached hydrogen (secondary N) is 1. The Hall–Kier alpha value is -2.82. The van der Waals surface area contributed by atoms with Gasteiger partial charge in [0.2, 0.25) is 0 Å². The molecule has 5 nitrogen and oxygen atoms in total. The van der Waals surface area contributed by atoms with Gasteiger partial charge in [-0.15, -0.1) is 0 Å². The number of hydrogen-bond donors (Lipinski definition) is 1. The van der Waals surface area contributed by atoms with Crippen LogP contribution in [0.2, 0.25) is 0 Å². The minimum Gasteiger partial charge on any atom is -0.484 e. The van der Waals surface area contributed by atoms with Crippen LogP contribution in [0.3, 0.4) is 0 Å². The minimum absolute atomic E-state index is 0.0295. The van der Waals surface area contributed by atoms with E-state index in [1.165, 1.54) is 10.5 Å². The highest BCUT2D eigenvalue weighted by Crippen LogP contribution is 2.18. The van der Waals surface area contributed by atoms with Gasteiger partial charge in [0, 0.05) is 26.2 Å². The molecule has 2 amide bonds. The Kier molecular flexibility index (Phi) is 6.78. The number of nitrogens with zero attached hydrogens (tertiary/aromatic N) is 1. The molecule has 0 aliphatic carbocycles. The van der Waals surface area contributed by atoms with E-state index in [1.54, 1.807) is 26.2 Å². The van der Waals surface area contributed by atoms with Gasteiger partial charge in [-0.05, 0) is 41.3 Å². The quantitative estimate of drug-likeness (QED) is 0.831. The molecule has 138 valence electrons. The molecular weight excluding hydrogens is 328 g/mol. The fourth-order valence-corrected chi connectivity index (χ4v) is 2.37. The fourth-order valence-electron chi connectivity index (χ4n) is 2.37. The number of amides is 2. The molecule has 0 unspecified atom stereocenters. The van der Waals surface area contributed by atoms with Crippen molar-refractivity contribution in [1.29, 1.82) is 0 Å². The normalized spacial score (nSPS) is 10.5. The average molecular weight is 354 g/mol. The SMILES string of the molecule is CC(C)c1ccc(OCC(=O)NCc2ccc(C(=O)N(C)C)cc2)cc1. The molecule has 2 aromatic carbocycles. The number of ether oxygens (including phenoxy) is 1. The molecule has 0 aliphatic rings. The second kappa shape index (κ2) is 9.04. The van der Waals surface area contributed by atoms with Gasteiger partial charge >= 0.3 is 0 Å². The van der Waals surface area contributed by atoms with Crippen LogP contribution in [0.1, 0.15) is 41.3 Å². The Morgan fingerprint density at radius 2 is 1.62 bits per heavy atom. The van der Waals surface area contributed by atoms with Crippen LogP contribution < -0.4 is 10.1 Å². The summed E-state index contributed by atoms with van der Waals surface area (Å²) in [6.07, 6.45) is 0. The maximum Gasteiger partial charge on any atom is 0.258 e. The molecular formula is C21H26N2O3. The lowest BCUT2D eigenvalue weighted by Gasteiger charge is -2.11. The first kappa shape index (κ1) is 19.5. The maximum absolute atomic E-state index is 11.9. The molecule has 0 radical (unpaired) electrons. The summed E-state index contributed by atoms with van der Waals surface area (Å²) in [7, 11) is 3.43. The Labute approximate surface area is 155 Å². The summed E-state index contributed by atoms with van der Waals surface area (Å²) in [4.78, 5) is 25.3. The van der Waals surface area contributed by atoms with Crippen molar-refractivity contribution in [2.45, 2.75) is 26.3 Å². The van der Waals surface area contributed by atoms with Crippen LogP contribution in [0, 0.1) is 0 Å². The van der Waals surface area contributed by atoms with Crippen molar-refractivity contribution < 1.29 is 14.3 Å². The van der Waals surface area contributed by atoms with Crippen molar-refractivity contribution in [2.24, 2.45) is 0 Å². The molecule has 2 rings (SSSR count). The number of rotatable bonds is 7. The average Bonchev–Trinajstić information content (AvgIpc) is 2.64. The van der Waals surface area contributed by atoms with Gasteiger partial charge in [-0.1, -0.05) is 38.1 Å². The molecule has 26 heavy (non-hydrogen) atoms. The molecule has 0 spiro atoms. The lowest BCUT2D eigenvalue weighted by molar-refractivity contribution is -0.123. The van der Waals surface area contributed by atoms with Crippen molar-refractivity contribution in [1.82, 2.24) is 10.2 Å². The van der Waals surface area contributed by atoms with E-state index in [4.69, 9.17) is 4.74 Å². The third-order valence-electron chi connectivity index (χ3n) is 4.01. The van der Waals surface area contributed by atoms with E-state index in [2.05, 4.69) is 19.2 Å². The second-order valence-electron chi connectivity index (χ2n) is 6.69. The molecule has 0 bridgehead atoms. The molecule has 0 heterocycles. The Balaban J connectivity index is 1.78. The highest BCUT2D eigenvalue weighted by Gasteiger charge is 2.08. The van der Waals surface area contributed by atoms with E-state index in [-0.39, 0.29) is 18.4 Å². The fraction of sp³-hybridized carbons (Fsp3) is 0.333. The molecule has 2 aromatic rings. The summed E-state index contributed by atoms with van der Waals surface area (Å²) in [5.41, 5.74) is 2.78. The van der Waals surface area contributed by atoms with Crippen molar-refractivity contribution in [3.8, 4) is 5.75 Å². The second-order valence-corrected chi connectivity index (χ2v) is 6.69. The molecule has 0 aliphatic heterocycles. The molecule has 0 atom stereocenters. The van der Waals surface area contributed by atoms with Gasteiger partial charge < -0.3 is 15.0 Å². The standard InChI is InChI=1S/C21H26N2O3/c1-15(2)17-9-11-19(12-10-17)26-14-20(24)22-13-16-5-7-18(8-6-16)21(25)23(3)4/h5-12,15H,13-14H2,1-4H3,(H,22,24). The predicted molar refractivity (Wildman–Crippen MR) is 102 cm³/mol. The Morgan fingerprint density at radius 1 is 1.00 bits per heavy atom. The number of benzene rings is 2. The highest BCUT2D eigenvalue weighted by molar-refractivity contribution is 5.93. The highest BCUT2D eigenvalue weighted by atomic mass is 16.5. The van der Waals surface area contributed by atoms with Gasteiger partial charge in [0.1, 0.15) is 5.75 Å². The topological polar surface area (TPSA) is 58.6 Å². The zero-order valence-corrected chi connectivity index (χ0v) is 15.8.